The highest BCUT2D eigenvalue weighted by molar-refractivity contribution is 9.10. The predicted molar refractivity (Wildman–Crippen MR) is 72.7 cm³/mol. The molecule has 1 aromatic carbocycles. The Balaban J connectivity index is 1.85. The van der Waals surface area contributed by atoms with E-state index < -0.39 is 0 Å². The summed E-state index contributed by atoms with van der Waals surface area (Å²) in [4.78, 5) is 0. The van der Waals surface area contributed by atoms with Crippen molar-refractivity contribution in [1.29, 1.82) is 0 Å². The van der Waals surface area contributed by atoms with Crippen LogP contribution in [0.3, 0.4) is 0 Å². The van der Waals surface area contributed by atoms with Crippen LogP contribution >= 0.6 is 15.9 Å². The van der Waals surface area contributed by atoms with Crippen LogP contribution in [0.1, 0.15) is 31.7 Å². The Morgan fingerprint density at radius 1 is 1.44 bits per heavy atom. The minimum absolute atomic E-state index is 0.740. The Morgan fingerprint density at radius 2 is 2.25 bits per heavy atom. The summed E-state index contributed by atoms with van der Waals surface area (Å²) in [7, 11) is 0. The van der Waals surface area contributed by atoms with Crippen LogP contribution in [-0.2, 0) is 6.42 Å². The number of halogens is 1. The summed E-state index contributed by atoms with van der Waals surface area (Å²) < 4.78 is 1.19. The second-order valence-corrected chi connectivity index (χ2v) is 5.59. The number of aryl methyl sites for hydroxylation is 1. The zero-order valence-corrected chi connectivity index (χ0v) is 11.5. The van der Waals surface area contributed by atoms with Crippen LogP contribution < -0.4 is 5.32 Å². The Hall–Kier alpha value is -0.340. The third kappa shape index (κ3) is 3.60. The largest absolute Gasteiger partial charge is 0.314 e. The second-order valence-electron chi connectivity index (χ2n) is 4.67. The van der Waals surface area contributed by atoms with Gasteiger partial charge in [-0.2, -0.15) is 0 Å². The monoisotopic (exact) mass is 281 g/mol. The molecule has 0 saturated heterocycles. The molecule has 16 heavy (non-hydrogen) atoms. The molecule has 1 N–H and O–H groups in total. The van der Waals surface area contributed by atoms with E-state index in [1.807, 2.05) is 0 Å². The molecule has 0 aliphatic heterocycles. The zero-order valence-electron chi connectivity index (χ0n) is 9.88. The lowest BCUT2D eigenvalue weighted by atomic mass is 10.0. The first kappa shape index (κ1) is 12.1. The molecule has 88 valence electrons. The molecule has 1 atom stereocenters. The van der Waals surface area contributed by atoms with Gasteiger partial charge in [0.1, 0.15) is 0 Å². The smallest absolute Gasteiger partial charge is 0.0177 e. The van der Waals surface area contributed by atoms with E-state index in [4.69, 9.17) is 0 Å². The fraction of sp³-hybridized carbons (Fsp3) is 0.571. The molecule has 0 aromatic heterocycles. The lowest BCUT2D eigenvalue weighted by molar-refractivity contribution is 0.446. The summed E-state index contributed by atoms with van der Waals surface area (Å²) in [5.41, 5.74) is 1.44. The molecule has 0 radical (unpaired) electrons. The number of hydrogen-bond donors (Lipinski definition) is 1. The van der Waals surface area contributed by atoms with Gasteiger partial charge in [0.15, 0.2) is 0 Å². The molecule has 1 nitrogen and oxygen atoms in total. The second kappa shape index (κ2) is 5.83. The van der Waals surface area contributed by atoms with Crippen LogP contribution in [0.5, 0.6) is 0 Å². The van der Waals surface area contributed by atoms with Crippen molar-refractivity contribution in [2.24, 2.45) is 5.92 Å². The van der Waals surface area contributed by atoms with Gasteiger partial charge in [0.2, 0.25) is 0 Å². The van der Waals surface area contributed by atoms with Crippen molar-refractivity contribution >= 4 is 15.9 Å². The molecule has 1 aromatic rings. The molecule has 1 aliphatic rings. The Bertz CT molecular complexity index is 333. The third-order valence-electron chi connectivity index (χ3n) is 3.29. The maximum atomic E-state index is 3.62. The average molecular weight is 282 g/mol. The maximum absolute atomic E-state index is 3.62. The van der Waals surface area contributed by atoms with E-state index in [0.29, 0.717) is 0 Å². The van der Waals surface area contributed by atoms with Crippen molar-refractivity contribution in [3.63, 3.8) is 0 Å². The summed E-state index contributed by atoms with van der Waals surface area (Å²) >= 11 is 3.53. The highest BCUT2D eigenvalue weighted by atomic mass is 79.9. The quantitative estimate of drug-likeness (QED) is 0.837. The summed E-state index contributed by atoms with van der Waals surface area (Å²) in [6.45, 7) is 3.30. The van der Waals surface area contributed by atoms with Gasteiger partial charge in [-0.1, -0.05) is 35.0 Å². The summed E-state index contributed by atoms with van der Waals surface area (Å²) in [6.07, 6.45) is 5.31. The lowest BCUT2D eigenvalue weighted by Gasteiger charge is -2.17. The summed E-state index contributed by atoms with van der Waals surface area (Å²) in [5, 5.41) is 3.62. The van der Waals surface area contributed by atoms with Crippen molar-refractivity contribution in [3.05, 3.63) is 34.3 Å². The Labute approximate surface area is 107 Å². The molecule has 1 aliphatic carbocycles. The predicted octanol–water partition coefficient (Wildman–Crippen LogP) is 3.77. The molecule has 2 heteroatoms. The topological polar surface area (TPSA) is 12.0 Å². The first-order valence-corrected chi connectivity index (χ1v) is 7.06. The lowest BCUT2D eigenvalue weighted by Crippen LogP contribution is -2.31. The highest BCUT2D eigenvalue weighted by Crippen LogP contribution is 2.34. The average Bonchev–Trinajstić information content (AvgIpc) is 3.08. The van der Waals surface area contributed by atoms with Gasteiger partial charge in [-0.15, -0.1) is 0 Å². The molecule has 0 heterocycles. The Morgan fingerprint density at radius 3 is 2.88 bits per heavy atom. The van der Waals surface area contributed by atoms with Gasteiger partial charge in [-0.05, 0) is 55.8 Å². The van der Waals surface area contributed by atoms with Crippen molar-refractivity contribution in [3.8, 4) is 0 Å². The molecule has 1 saturated carbocycles. The number of hydrogen-bond acceptors (Lipinski definition) is 1. The number of benzene rings is 1. The first-order valence-electron chi connectivity index (χ1n) is 6.27. The van der Waals surface area contributed by atoms with E-state index in [9.17, 15) is 0 Å². The van der Waals surface area contributed by atoms with Crippen LogP contribution in [-0.4, -0.2) is 12.6 Å². The van der Waals surface area contributed by atoms with E-state index in [2.05, 4.69) is 52.4 Å². The third-order valence-corrected chi connectivity index (χ3v) is 3.78. The first-order chi connectivity index (χ1) is 7.79. The molecule has 1 fully saturated rings. The van der Waals surface area contributed by atoms with Gasteiger partial charge in [0, 0.05) is 10.5 Å². The minimum atomic E-state index is 0.740. The van der Waals surface area contributed by atoms with Crippen LogP contribution in [0.2, 0.25) is 0 Å². The van der Waals surface area contributed by atoms with Gasteiger partial charge >= 0.3 is 0 Å². The summed E-state index contributed by atoms with van der Waals surface area (Å²) in [6, 6.07) is 9.41. The normalized spacial score (nSPS) is 17.4. The van der Waals surface area contributed by atoms with Crippen molar-refractivity contribution in [1.82, 2.24) is 5.32 Å². The van der Waals surface area contributed by atoms with Gasteiger partial charge in [0.05, 0.1) is 0 Å². The standard InChI is InChI=1S/C14H20BrN/c1-2-16-14(12-7-8-12)9-6-11-4-3-5-13(15)10-11/h3-5,10,12,14,16H,2,6-9H2,1H3. The fourth-order valence-electron chi connectivity index (χ4n) is 2.28. The van der Waals surface area contributed by atoms with Crippen LogP contribution in [0.25, 0.3) is 0 Å². The summed E-state index contributed by atoms with van der Waals surface area (Å²) in [5.74, 6) is 0.951. The molecule has 1 unspecified atom stereocenters. The number of rotatable bonds is 6. The van der Waals surface area contributed by atoms with E-state index in [0.717, 1.165) is 18.5 Å². The highest BCUT2D eigenvalue weighted by Gasteiger charge is 2.29. The van der Waals surface area contributed by atoms with Crippen LogP contribution in [0, 0.1) is 5.92 Å². The van der Waals surface area contributed by atoms with E-state index >= 15 is 0 Å². The molecule has 0 bridgehead atoms. The van der Waals surface area contributed by atoms with Gasteiger partial charge < -0.3 is 5.32 Å². The van der Waals surface area contributed by atoms with Crippen LogP contribution in [0.4, 0.5) is 0 Å². The molecule has 2 rings (SSSR count). The molecule has 0 amide bonds. The number of nitrogens with one attached hydrogen (secondary N) is 1. The maximum Gasteiger partial charge on any atom is 0.0177 e. The van der Waals surface area contributed by atoms with E-state index in [1.165, 1.54) is 35.7 Å². The molecular weight excluding hydrogens is 262 g/mol. The van der Waals surface area contributed by atoms with Crippen molar-refractivity contribution in [2.75, 3.05) is 6.54 Å². The van der Waals surface area contributed by atoms with E-state index in [-0.39, 0.29) is 0 Å². The molecule has 0 spiro atoms. The zero-order chi connectivity index (χ0) is 11.4. The van der Waals surface area contributed by atoms with Crippen LogP contribution in [0.15, 0.2) is 28.7 Å². The minimum Gasteiger partial charge on any atom is -0.314 e. The molecular formula is C14H20BrN. The van der Waals surface area contributed by atoms with Gasteiger partial charge in [-0.3, -0.25) is 0 Å². The van der Waals surface area contributed by atoms with Gasteiger partial charge in [0.25, 0.3) is 0 Å². The van der Waals surface area contributed by atoms with Crippen molar-refractivity contribution in [2.45, 2.75) is 38.6 Å². The van der Waals surface area contributed by atoms with Crippen molar-refractivity contribution < 1.29 is 0 Å². The van der Waals surface area contributed by atoms with Gasteiger partial charge in [-0.25, -0.2) is 0 Å². The Kier molecular flexibility index (Phi) is 4.42. The fourth-order valence-corrected chi connectivity index (χ4v) is 2.73. The van der Waals surface area contributed by atoms with E-state index in [1.54, 1.807) is 0 Å². The SMILES string of the molecule is CCNC(CCc1cccc(Br)c1)C1CC1.